The van der Waals surface area contributed by atoms with E-state index in [1.807, 2.05) is 0 Å². The summed E-state index contributed by atoms with van der Waals surface area (Å²) >= 11 is 0.768. The molecule has 2 heterocycles. The number of hydrogen-bond acceptors (Lipinski definition) is 7. The number of halogens is 6. The van der Waals surface area contributed by atoms with Crippen LogP contribution in [-0.4, -0.2) is 28.4 Å². The highest BCUT2D eigenvalue weighted by Gasteiger charge is 2.72. The first-order chi connectivity index (χ1) is 17.2. The number of nitrogens with one attached hydrogen (secondary N) is 1. The number of benzene rings is 2. The van der Waals surface area contributed by atoms with Crippen molar-refractivity contribution in [2.45, 2.75) is 34.1 Å². The van der Waals surface area contributed by atoms with Crippen LogP contribution in [0.3, 0.4) is 0 Å². The Morgan fingerprint density at radius 2 is 1.76 bits per heavy atom. The van der Waals surface area contributed by atoms with Gasteiger partial charge in [-0.15, -0.1) is 11.3 Å². The number of aromatic nitrogens is 1. The number of amides is 1. The highest BCUT2D eigenvalue weighted by atomic mass is 32.2. The van der Waals surface area contributed by atoms with Crippen LogP contribution in [0.5, 0.6) is 0 Å². The minimum Gasteiger partial charge on any atom is -0.423 e. The first-order valence-electron chi connectivity index (χ1n) is 10.1. The second-order valence-corrected chi connectivity index (χ2v) is 10.0. The van der Waals surface area contributed by atoms with Crippen molar-refractivity contribution in [3.63, 3.8) is 0 Å². The minimum atomic E-state index is -6.01. The van der Waals surface area contributed by atoms with Crippen LogP contribution in [0.4, 0.5) is 32.0 Å². The number of nitrogens with zero attached hydrogens (tertiary/aromatic N) is 1. The molecule has 14 heteroatoms. The largest absolute Gasteiger partial charge is 0.431 e. The fourth-order valence-corrected chi connectivity index (χ4v) is 5.54. The first kappa shape index (κ1) is 26.7. The van der Waals surface area contributed by atoms with Gasteiger partial charge in [-0.05, 0) is 41.5 Å². The molecular weight excluding hydrogens is 546 g/mol. The molecule has 0 unspecified atom stereocenters. The van der Waals surface area contributed by atoms with Gasteiger partial charge in [-0.2, -0.15) is 26.3 Å². The van der Waals surface area contributed by atoms with Crippen LogP contribution >= 0.6 is 23.1 Å². The Morgan fingerprint density at radius 1 is 1.05 bits per heavy atom. The summed E-state index contributed by atoms with van der Waals surface area (Å²) < 4.78 is 83.9. The predicted molar refractivity (Wildman–Crippen MR) is 124 cm³/mol. The summed E-state index contributed by atoms with van der Waals surface area (Å²) in [7, 11) is 0. The molecule has 37 heavy (non-hydrogen) atoms. The summed E-state index contributed by atoms with van der Waals surface area (Å²) in [6, 6.07) is 12.4. The van der Waals surface area contributed by atoms with E-state index < -0.39 is 28.5 Å². The van der Waals surface area contributed by atoms with E-state index >= 15 is 0 Å². The van der Waals surface area contributed by atoms with Crippen molar-refractivity contribution in [2.24, 2.45) is 0 Å². The lowest BCUT2D eigenvalue weighted by Gasteiger charge is -2.30. The third kappa shape index (κ3) is 5.22. The van der Waals surface area contributed by atoms with E-state index in [4.69, 9.17) is 4.42 Å². The number of thiazole rings is 1. The van der Waals surface area contributed by atoms with Gasteiger partial charge in [0, 0.05) is 35.2 Å². The van der Waals surface area contributed by atoms with E-state index in [2.05, 4.69) is 10.3 Å². The number of anilines is 1. The molecule has 4 aromatic rings. The number of rotatable bonds is 5. The highest BCUT2D eigenvalue weighted by molar-refractivity contribution is 8.01. The smallest absolute Gasteiger partial charge is 0.423 e. The van der Waals surface area contributed by atoms with Gasteiger partial charge in [0.25, 0.3) is 5.60 Å². The second kappa shape index (κ2) is 9.50. The van der Waals surface area contributed by atoms with Gasteiger partial charge in [0.05, 0.1) is 4.88 Å². The van der Waals surface area contributed by atoms with Crippen LogP contribution in [0, 0.1) is 0 Å². The Morgan fingerprint density at radius 3 is 2.41 bits per heavy atom. The molecule has 0 aliphatic rings. The monoisotopic (exact) mass is 560 g/mol. The van der Waals surface area contributed by atoms with Gasteiger partial charge < -0.3 is 14.8 Å². The summed E-state index contributed by atoms with van der Waals surface area (Å²) in [5, 5.41) is 12.7. The van der Waals surface area contributed by atoms with E-state index in [1.54, 1.807) is 30.3 Å². The molecule has 2 N–H and O–H groups in total. The zero-order chi connectivity index (χ0) is 27.2. The molecule has 0 spiro atoms. The second-order valence-electron chi connectivity index (χ2n) is 7.70. The quantitative estimate of drug-likeness (QED) is 0.219. The number of aliphatic hydroxyl groups is 1. The first-order valence-corrected chi connectivity index (χ1v) is 11.8. The van der Waals surface area contributed by atoms with Gasteiger partial charge in [-0.1, -0.05) is 23.9 Å². The number of carbonyl (C=O) groups excluding carboxylic acids is 1. The average Bonchev–Trinajstić information content (AvgIpc) is 3.24. The van der Waals surface area contributed by atoms with Crippen molar-refractivity contribution in [1.82, 2.24) is 4.98 Å². The van der Waals surface area contributed by atoms with E-state index in [0.717, 1.165) is 11.8 Å². The molecule has 1 amide bonds. The van der Waals surface area contributed by atoms with Crippen LogP contribution < -0.4 is 10.9 Å². The molecule has 0 fully saturated rings. The molecule has 0 saturated carbocycles. The zero-order valence-electron chi connectivity index (χ0n) is 18.4. The highest BCUT2D eigenvalue weighted by Crippen LogP contribution is 2.52. The molecule has 0 radical (unpaired) electrons. The van der Waals surface area contributed by atoms with Crippen molar-refractivity contribution in [3.05, 3.63) is 70.0 Å². The van der Waals surface area contributed by atoms with Crippen molar-refractivity contribution >= 4 is 45.7 Å². The number of alkyl halides is 6. The summed E-state index contributed by atoms with van der Waals surface area (Å²) in [5.41, 5.74) is -4.09. The summed E-state index contributed by atoms with van der Waals surface area (Å²) in [6.45, 7) is 1.34. The van der Waals surface area contributed by atoms with Gasteiger partial charge in [0.1, 0.15) is 5.58 Å². The normalized spacial score (nSPS) is 12.6. The van der Waals surface area contributed by atoms with Crippen molar-refractivity contribution < 1.29 is 40.7 Å². The minimum absolute atomic E-state index is 0.0384. The molecule has 0 atom stereocenters. The predicted octanol–water partition coefficient (Wildman–Crippen LogP) is 6.34. The Hall–Kier alpha value is -3.36. The van der Waals surface area contributed by atoms with Gasteiger partial charge in [0.2, 0.25) is 5.91 Å². The molecule has 0 saturated heterocycles. The third-order valence-corrected chi connectivity index (χ3v) is 7.25. The molecule has 194 valence electrons. The number of hydrogen-bond donors (Lipinski definition) is 2. The van der Waals surface area contributed by atoms with Crippen molar-refractivity contribution in [1.29, 1.82) is 0 Å². The fourth-order valence-electron chi connectivity index (χ4n) is 3.43. The Labute approximate surface area is 212 Å². The van der Waals surface area contributed by atoms with Crippen molar-refractivity contribution in [3.8, 4) is 11.1 Å². The van der Waals surface area contributed by atoms with Crippen LogP contribution in [0.15, 0.2) is 73.2 Å². The van der Waals surface area contributed by atoms with Crippen LogP contribution in [-0.2, 0) is 10.4 Å². The summed E-state index contributed by atoms with van der Waals surface area (Å²) in [4.78, 5) is 26.1. The number of carbonyl (C=O) groups is 1. The Bertz CT molecular complexity index is 1530. The molecule has 6 nitrogen and oxygen atoms in total. The van der Waals surface area contributed by atoms with Crippen LogP contribution in [0.1, 0.15) is 11.8 Å². The van der Waals surface area contributed by atoms with Gasteiger partial charge in [0.15, 0.2) is 4.34 Å². The molecule has 4 rings (SSSR count). The molecule has 0 bridgehead atoms. The molecule has 2 aromatic carbocycles. The summed E-state index contributed by atoms with van der Waals surface area (Å²) in [6.07, 6.45) is -11.7. The molecule has 0 aliphatic carbocycles. The number of fused-ring (bicyclic) bond motifs is 1. The molecule has 2 aromatic heterocycles. The molecular formula is C23H14F6N2O4S2. The van der Waals surface area contributed by atoms with E-state index in [9.17, 15) is 41.0 Å². The molecule has 0 aliphatic heterocycles. The standard InChI is InChI=1S/C23H14F6N2O4S2/c1-11(32)31-13-4-2-3-12(7-13)16-9-19(33)35-17-8-14(5-6-15(16)17)36-20-30-10-18(37-20)21(34,22(24,25)26)23(27,28)29/h2-10,34H,1H3,(H,31,32). The van der Waals surface area contributed by atoms with Crippen LogP contribution in [0.25, 0.3) is 22.1 Å². The van der Waals surface area contributed by atoms with E-state index in [-0.39, 0.29) is 27.2 Å². The van der Waals surface area contributed by atoms with Crippen molar-refractivity contribution in [2.75, 3.05) is 5.32 Å². The van der Waals surface area contributed by atoms with Crippen LogP contribution in [0.2, 0.25) is 0 Å². The average molecular weight is 560 g/mol. The maximum absolute atomic E-state index is 13.1. The fraction of sp³-hybridized carbons (Fsp3) is 0.174. The SMILES string of the molecule is CC(=O)Nc1cccc(-c2cc(=O)oc3cc(Sc4ncc(C(O)(C(F)(F)F)C(F)(F)F)s4)ccc23)c1. The maximum atomic E-state index is 13.1. The van der Waals surface area contributed by atoms with Gasteiger partial charge in [-0.3, -0.25) is 4.79 Å². The third-order valence-electron chi connectivity index (χ3n) is 5.08. The van der Waals surface area contributed by atoms with Gasteiger partial charge in [-0.25, -0.2) is 9.78 Å². The topological polar surface area (TPSA) is 92.4 Å². The lowest BCUT2D eigenvalue weighted by molar-refractivity contribution is -0.375. The van der Waals surface area contributed by atoms with E-state index in [0.29, 0.717) is 33.3 Å². The van der Waals surface area contributed by atoms with E-state index in [1.165, 1.54) is 25.1 Å². The van der Waals surface area contributed by atoms with Gasteiger partial charge >= 0.3 is 18.0 Å². The Kier molecular flexibility index (Phi) is 6.86. The summed E-state index contributed by atoms with van der Waals surface area (Å²) in [5.74, 6) is -0.287. The maximum Gasteiger partial charge on any atom is 0.431 e. The Balaban J connectivity index is 1.69. The lowest BCUT2D eigenvalue weighted by Crippen LogP contribution is -2.53. The lowest BCUT2D eigenvalue weighted by atomic mass is 10.0. The zero-order valence-corrected chi connectivity index (χ0v) is 20.0.